The molecule has 3 aromatic rings. The molecule has 1 atom stereocenters. The van der Waals surface area contributed by atoms with E-state index >= 15 is 0 Å². The molecule has 3 heteroatoms. The van der Waals surface area contributed by atoms with E-state index in [1.165, 1.54) is 20.5 Å². The number of benzene rings is 1. The minimum Gasteiger partial charge on any atom is -0.327 e. The van der Waals surface area contributed by atoms with E-state index in [2.05, 4.69) is 47.2 Å². The van der Waals surface area contributed by atoms with E-state index in [0.29, 0.717) is 0 Å². The Balaban J connectivity index is 1.76. The zero-order valence-corrected chi connectivity index (χ0v) is 11.6. The number of nitrogens with two attached hydrogens (primary N) is 1. The first-order valence-electron chi connectivity index (χ1n) is 6.06. The molecule has 0 spiro atoms. The summed E-state index contributed by atoms with van der Waals surface area (Å²) >= 11 is 3.60. The van der Waals surface area contributed by atoms with E-state index in [4.69, 9.17) is 5.73 Å². The van der Waals surface area contributed by atoms with Gasteiger partial charge in [0, 0.05) is 15.6 Å². The van der Waals surface area contributed by atoms with E-state index in [9.17, 15) is 0 Å². The quantitative estimate of drug-likeness (QED) is 0.761. The molecule has 0 fully saturated rings. The summed E-state index contributed by atoms with van der Waals surface area (Å²) < 4.78 is 1.36. The van der Waals surface area contributed by atoms with Crippen molar-refractivity contribution in [3.63, 3.8) is 0 Å². The van der Waals surface area contributed by atoms with Crippen LogP contribution in [0.4, 0.5) is 0 Å². The van der Waals surface area contributed by atoms with Crippen LogP contribution in [0.5, 0.6) is 0 Å². The predicted molar refractivity (Wildman–Crippen MR) is 81.5 cm³/mol. The number of thiophene rings is 2. The van der Waals surface area contributed by atoms with Gasteiger partial charge in [0.1, 0.15) is 0 Å². The minimum atomic E-state index is 0.210. The summed E-state index contributed by atoms with van der Waals surface area (Å²) in [5.74, 6) is 0. The lowest BCUT2D eigenvalue weighted by Crippen LogP contribution is -2.24. The molecule has 2 heterocycles. The van der Waals surface area contributed by atoms with Crippen molar-refractivity contribution in [3.8, 4) is 0 Å². The molecule has 3 rings (SSSR count). The first kappa shape index (κ1) is 11.9. The van der Waals surface area contributed by atoms with Crippen LogP contribution in [0.1, 0.15) is 10.4 Å². The normalized spacial score (nSPS) is 12.9. The van der Waals surface area contributed by atoms with Crippen molar-refractivity contribution in [3.05, 3.63) is 57.6 Å². The van der Waals surface area contributed by atoms with Crippen LogP contribution in [-0.4, -0.2) is 6.04 Å². The summed E-state index contributed by atoms with van der Waals surface area (Å²) in [5.41, 5.74) is 7.65. The molecule has 0 aliphatic carbocycles. The SMILES string of the molecule is NC(Cc1cccs1)Cc1csc2ccccc12. The lowest BCUT2D eigenvalue weighted by Gasteiger charge is -2.09. The molecule has 0 bridgehead atoms. The monoisotopic (exact) mass is 273 g/mol. The summed E-state index contributed by atoms with van der Waals surface area (Å²) in [6, 6.07) is 13.0. The maximum atomic E-state index is 6.26. The second-order valence-electron chi connectivity index (χ2n) is 4.50. The van der Waals surface area contributed by atoms with Crippen molar-refractivity contribution >= 4 is 32.8 Å². The van der Waals surface area contributed by atoms with Gasteiger partial charge in [-0.25, -0.2) is 0 Å². The lowest BCUT2D eigenvalue weighted by atomic mass is 10.0. The van der Waals surface area contributed by atoms with Crippen molar-refractivity contribution in [2.75, 3.05) is 0 Å². The zero-order chi connectivity index (χ0) is 12.4. The first-order chi connectivity index (χ1) is 8.83. The van der Waals surface area contributed by atoms with Gasteiger partial charge < -0.3 is 5.73 Å². The lowest BCUT2D eigenvalue weighted by molar-refractivity contribution is 0.674. The van der Waals surface area contributed by atoms with Crippen LogP contribution in [0.15, 0.2) is 47.2 Å². The average molecular weight is 273 g/mol. The van der Waals surface area contributed by atoms with Crippen molar-refractivity contribution < 1.29 is 0 Å². The van der Waals surface area contributed by atoms with Crippen LogP contribution in [0.2, 0.25) is 0 Å². The van der Waals surface area contributed by atoms with Gasteiger partial charge in [0.2, 0.25) is 0 Å². The van der Waals surface area contributed by atoms with Crippen LogP contribution in [0.25, 0.3) is 10.1 Å². The Kier molecular flexibility index (Phi) is 3.46. The van der Waals surface area contributed by atoms with Crippen LogP contribution in [0, 0.1) is 0 Å². The molecule has 0 saturated heterocycles. The summed E-state index contributed by atoms with van der Waals surface area (Å²) in [6.07, 6.45) is 1.93. The van der Waals surface area contributed by atoms with Gasteiger partial charge in [-0.1, -0.05) is 24.3 Å². The third-order valence-corrected chi connectivity index (χ3v) is 5.00. The molecule has 0 aliphatic heterocycles. The Labute approximate surface area is 115 Å². The largest absolute Gasteiger partial charge is 0.327 e. The van der Waals surface area contributed by atoms with Crippen molar-refractivity contribution in [2.24, 2.45) is 5.73 Å². The minimum absolute atomic E-state index is 0.210. The van der Waals surface area contributed by atoms with Gasteiger partial charge >= 0.3 is 0 Å². The van der Waals surface area contributed by atoms with Gasteiger partial charge in [-0.15, -0.1) is 22.7 Å². The van der Waals surface area contributed by atoms with Gasteiger partial charge in [-0.3, -0.25) is 0 Å². The first-order valence-corrected chi connectivity index (χ1v) is 7.82. The molecule has 2 aromatic heterocycles. The van der Waals surface area contributed by atoms with E-state index < -0.39 is 0 Å². The molecule has 0 amide bonds. The maximum absolute atomic E-state index is 6.26. The van der Waals surface area contributed by atoms with Gasteiger partial charge in [0.25, 0.3) is 0 Å². The number of fused-ring (bicyclic) bond motifs is 1. The topological polar surface area (TPSA) is 26.0 Å². The average Bonchev–Trinajstić information content (AvgIpc) is 3.00. The predicted octanol–water partition coefficient (Wildman–Crippen LogP) is 4.08. The highest BCUT2D eigenvalue weighted by Crippen LogP contribution is 2.26. The molecule has 18 heavy (non-hydrogen) atoms. The second kappa shape index (κ2) is 5.22. The Morgan fingerprint density at radius 2 is 1.89 bits per heavy atom. The zero-order valence-electron chi connectivity index (χ0n) is 10.0. The molecular weight excluding hydrogens is 258 g/mol. The standard InChI is InChI=1S/C15H15NS2/c16-12(9-13-4-3-7-17-13)8-11-10-18-15-6-2-1-5-14(11)15/h1-7,10,12H,8-9,16H2. The van der Waals surface area contributed by atoms with Crippen LogP contribution in [0.3, 0.4) is 0 Å². The number of hydrogen-bond acceptors (Lipinski definition) is 3. The summed E-state index contributed by atoms with van der Waals surface area (Å²) in [5, 5.41) is 5.73. The fourth-order valence-corrected chi connectivity index (χ4v) is 4.01. The van der Waals surface area contributed by atoms with Gasteiger partial charge in [-0.2, -0.15) is 0 Å². The Morgan fingerprint density at radius 3 is 2.72 bits per heavy atom. The van der Waals surface area contributed by atoms with E-state index in [1.54, 1.807) is 11.3 Å². The Hall–Kier alpha value is -1.16. The molecule has 0 aliphatic rings. The Morgan fingerprint density at radius 1 is 1.00 bits per heavy atom. The smallest absolute Gasteiger partial charge is 0.0345 e. The Bertz CT molecular complexity index is 625. The summed E-state index contributed by atoms with van der Waals surface area (Å²) in [4.78, 5) is 1.38. The highest BCUT2D eigenvalue weighted by molar-refractivity contribution is 7.17. The van der Waals surface area contributed by atoms with Crippen molar-refractivity contribution in [1.82, 2.24) is 0 Å². The van der Waals surface area contributed by atoms with Crippen molar-refractivity contribution in [1.29, 1.82) is 0 Å². The van der Waals surface area contributed by atoms with Crippen LogP contribution >= 0.6 is 22.7 Å². The highest BCUT2D eigenvalue weighted by atomic mass is 32.1. The third kappa shape index (κ3) is 2.48. The van der Waals surface area contributed by atoms with E-state index in [0.717, 1.165) is 12.8 Å². The molecule has 92 valence electrons. The number of hydrogen-bond donors (Lipinski definition) is 1. The molecular formula is C15H15NS2. The highest BCUT2D eigenvalue weighted by Gasteiger charge is 2.10. The maximum Gasteiger partial charge on any atom is 0.0345 e. The van der Waals surface area contributed by atoms with Crippen LogP contribution < -0.4 is 5.73 Å². The second-order valence-corrected chi connectivity index (χ2v) is 6.45. The van der Waals surface area contributed by atoms with Gasteiger partial charge in [0.05, 0.1) is 0 Å². The molecule has 0 saturated carbocycles. The molecule has 1 unspecified atom stereocenters. The summed E-state index contributed by atoms with van der Waals surface area (Å²) in [7, 11) is 0. The van der Waals surface area contributed by atoms with E-state index in [1.807, 2.05) is 11.3 Å². The van der Waals surface area contributed by atoms with Gasteiger partial charge in [-0.05, 0) is 46.7 Å². The molecule has 2 N–H and O–H groups in total. The fourth-order valence-electron chi connectivity index (χ4n) is 2.23. The third-order valence-electron chi connectivity index (χ3n) is 3.09. The molecule has 1 aromatic carbocycles. The number of rotatable bonds is 4. The van der Waals surface area contributed by atoms with Crippen LogP contribution in [-0.2, 0) is 12.8 Å². The van der Waals surface area contributed by atoms with Crippen molar-refractivity contribution in [2.45, 2.75) is 18.9 Å². The molecule has 0 radical (unpaired) electrons. The molecule has 1 nitrogen and oxygen atoms in total. The van der Waals surface area contributed by atoms with E-state index in [-0.39, 0.29) is 6.04 Å². The fraction of sp³-hybridized carbons (Fsp3) is 0.200. The van der Waals surface area contributed by atoms with Gasteiger partial charge in [0.15, 0.2) is 0 Å². The summed E-state index contributed by atoms with van der Waals surface area (Å²) in [6.45, 7) is 0.